The lowest BCUT2D eigenvalue weighted by atomic mass is 10.1. The van der Waals surface area contributed by atoms with Gasteiger partial charge in [-0.3, -0.25) is 14.8 Å². The number of aromatic nitrogens is 4. The molecule has 0 saturated carbocycles. The van der Waals surface area contributed by atoms with Gasteiger partial charge in [0.25, 0.3) is 5.91 Å². The van der Waals surface area contributed by atoms with Crippen LogP contribution >= 0.6 is 0 Å². The van der Waals surface area contributed by atoms with Crippen LogP contribution < -0.4 is 0 Å². The van der Waals surface area contributed by atoms with E-state index in [1.807, 2.05) is 0 Å². The monoisotopic (exact) mass is 413 g/mol. The zero-order chi connectivity index (χ0) is 20.8. The number of pyridine rings is 2. The Bertz CT molecular complexity index is 1200. The molecular weight excluding hydrogens is 394 g/mol. The highest BCUT2D eigenvalue weighted by Gasteiger charge is 2.32. The van der Waals surface area contributed by atoms with E-state index in [4.69, 9.17) is 0 Å². The Morgan fingerprint density at radius 1 is 1.24 bits per heavy atom. The minimum Gasteiger partial charge on any atom is -0.389 e. The van der Waals surface area contributed by atoms with Gasteiger partial charge in [0.2, 0.25) is 0 Å². The maximum Gasteiger partial charge on any atom is 0.274 e. The largest absolute Gasteiger partial charge is 0.389 e. The summed E-state index contributed by atoms with van der Waals surface area (Å²) in [6.07, 6.45) is 5.12. The second-order valence-corrected chi connectivity index (χ2v) is 9.05. The lowest BCUT2D eigenvalue weighted by Crippen LogP contribution is -2.53. The summed E-state index contributed by atoms with van der Waals surface area (Å²) >= 11 is 0. The number of aryl methyl sites for hydroxylation is 1. The van der Waals surface area contributed by atoms with Crippen LogP contribution in [0.25, 0.3) is 22.6 Å². The van der Waals surface area contributed by atoms with Crippen molar-refractivity contribution in [2.75, 3.05) is 19.3 Å². The van der Waals surface area contributed by atoms with Gasteiger partial charge < -0.3 is 15.0 Å². The lowest BCUT2D eigenvalue weighted by Gasteiger charge is -2.35. The molecule has 4 rings (SSSR count). The molecule has 1 amide bonds. The van der Waals surface area contributed by atoms with Crippen molar-refractivity contribution in [3.63, 3.8) is 0 Å². The van der Waals surface area contributed by atoms with Gasteiger partial charge in [0.15, 0.2) is 15.7 Å². The van der Waals surface area contributed by atoms with Gasteiger partial charge in [-0.05, 0) is 30.7 Å². The highest BCUT2D eigenvalue weighted by molar-refractivity contribution is 7.90. The van der Waals surface area contributed by atoms with Crippen molar-refractivity contribution in [2.45, 2.75) is 17.9 Å². The Balaban J connectivity index is 1.67. The van der Waals surface area contributed by atoms with Crippen LogP contribution in [0.1, 0.15) is 16.2 Å². The molecule has 10 heteroatoms. The van der Waals surface area contributed by atoms with Gasteiger partial charge in [-0.25, -0.2) is 13.4 Å². The SMILES string of the molecule is Cc1[nH]c(-c2cc(-c3cncc(S(C)(=O)=O)c3)ccn2)nc1C(=O)N1CC(O)C1. The van der Waals surface area contributed by atoms with Gasteiger partial charge >= 0.3 is 0 Å². The number of nitrogens with one attached hydrogen (secondary N) is 1. The van der Waals surface area contributed by atoms with Crippen LogP contribution in [-0.2, 0) is 9.84 Å². The van der Waals surface area contributed by atoms with E-state index in [0.29, 0.717) is 41.6 Å². The number of carbonyl (C=O) groups excluding carboxylic acids is 1. The summed E-state index contributed by atoms with van der Waals surface area (Å²) in [5.41, 5.74) is 2.77. The smallest absolute Gasteiger partial charge is 0.274 e. The number of β-amino-alcohol motifs (C(OH)–C–C–N with tert-alkyl or cyclic N) is 1. The third-order valence-corrected chi connectivity index (χ3v) is 5.79. The maximum absolute atomic E-state index is 12.5. The van der Waals surface area contributed by atoms with Gasteiger partial charge in [0.05, 0.1) is 11.0 Å². The molecule has 0 unspecified atom stereocenters. The van der Waals surface area contributed by atoms with Crippen LogP contribution in [0.2, 0.25) is 0 Å². The molecule has 1 fully saturated rings. The first-order valence-corrected chi connectivity index (χ1v) is 10.8. The van der Waals surface area contributed by atoms with Crippen molar-refractivity contribution in [3.05, 3.63) is 48.2 Å². The minimum atomic E-state index is -3.37. The first-order chi connectivity index (χ1) is 13.7. The summed E-state index contributed by atoms with van der Waals surface area (Å²) in [4.78, 5) is 30.0. The molecule has 2 N–H and O–H groups in total. The Labute approximate surface area is 167 Å². The van der Waals surface area contributed by atoms with Crippen molar-refractivity contribution in [1.82, 2.24) is 24.8 Å². The van der Waals surface area contributed by atoms with Gasteiger partial charge in [-0.2, -0.15) is 0 Å². The Kier molecular flexibility index (Phi) is 4.67. The average Bonchev–Trinajstić information content (AvgIpc) is 3.06. The van der Waals surface area contributed by atoms with Crippen molar-refractivity contribution < 1.29 is 18.3 Å². The van der Waals surface area contributed by atoms with E-state index in [-0.39, 0.29) is 10.8 Å². The maximum atomic E-state index is 12.5. The fourth-order valence-electron chi connectivity index (χ4n) is 3.08. The molecule has 1 aliphatic heterocycles. The second-order valence-electron chi connectivity index (χ2n) is 7.03. The molecule has 3 aromatic heterocycles. The molecule has 3 aromatic rings. The molecule has 0 bridgehead atoms. The van der Waals surface area contributed by atoms with Gasteiger partial charge in [0, 0.05) is 49.2 Å². The number of carbonyl (C=O) groups is 1. The highest BCUT2D eigenvalue weighted by Crippen LogP contribution is 2.25. The van der Waals surface area contributed by atoms with Crippen LogP contribution in [0.15, 0.2) is 41.7 Å². The van der Waals surface area contributed by atoms with E-state index in [1.165, 1.54) is 11.1 Å². The molecule has 29 heavy (non-hydrogen) atoms. The van der Waals surface area contributed by atoms with E-state index >= 15 is 0 Å². The number of aliphatic hydroxyl groups excluding tert-OH is 1. The number of aliphatic hydroxyl groups is 1. The summed E-state index contributed by atoms with van der Waals surface area (Å²) in [6, 6.07) is 5.05. The third kappa shape index (κ3) is 3.76. The normalized spacial score (nSPS) is 14.7. The predicted octanol–water partition coefficient (Wildman–Crippen LogP) is 1.06. The predicted molar refractivity (Wildman–Crippen MR) is 105 cm³/mol. The van der Waals surface area contributed by atoms with Gasteiger partial charge in [0.1, 0.15) is 11.4 Å². The van der Waals surface area contributed by atoms with Crippen molar-refractivity contribution in [2.24, 2.45) is 0 Å². The number of hydrogen-bond acceptors (Lipinski definition) is 7. The van der Waals surface area contributed by atoms with E-state index in [2.05, 4.69) is 19.9 Å². The fourth-order valence-corrected chi connectivity index (χ4v) is 3.67. The van der Waals surface area contributed by atoms with Gasteiger partial charge in [-0.1, -0.05) is 0 Å². The Morgan fingerprint density at radius 3 is 2.69 bits per heavy atom. The third-order valence-electron chi connectivity index (χ3n) is 4.71. The van der Waals surface area contributed by atoms with Crippen molar-refractivity contribution in [1.29, 1.82) is 0 Å². The summed E-state index contributed by atoms with van der Waals surface area (Å²) in [6.45, 7) is 2.36. The summed E-state index contributed by atoms with van der Waals surface area (Å²) < 4.78 is 23.6. The molecule has 0 aliphatic carbocycles. The van der Waals surface area contributed by atoms with Crippen LogP contribution in [0, 0.1) is 6.92 Å². The molecule has 1 saturated heterocycles. The van der Waals surface area contributed by atoms with E-state index < -0.39 is 15.9 Å². The van der Waals surface area contributed by atoms with Crippen LogP contribution in [0.3, 0.4) is 0 Å². The summed E-state index contributed by atoms with van der Waals surface area (Å²) in [5, 5.41) is 9.40. The molecule has 0 radical (unpaired) electrons. The standard InChI is InChI=1S/C19H19N5O4S/c1-11-17(19(26)24-9-14(25)10-24)23-18(22-11)16-6-12(3-4-21-16)13-5-15(8-20-7-13)29(2,27)28/h3-8,14,25H,9-10H2,1-2H3,(H,22,23). The number of amides is 1. The second kappa shape index (κ2) is 7.05. The van der Waals surface area contributed by atoms with Crippen LogP contribution in [0.5, 0.6) is 0 Å². The van der Waals surface area contributed by atoms with Crippen molar-refractivity contribution in [3.8, 4) is 22.6 Å². The molecule has 150 valence electrons. The summed E-state index contributed by atoms with van der Waals surface area (Å²) in [5.74, 6) is 0.192. The van der Waals surface area contributed by atoms with E-state index in [9.17, 15) is 18.3 Å². The number of hydrogen-bond donors (Lipinski definition) is 2. The Morgan fingerprint density at radius 2 is 2.00 bits per heavy atom. The molecule has 0 atom stereocenters. The molecule has 1 aliphatic rings. The molecular formula is C19H19N5O4S. The van der Waals surface area contributed by atoms with Crippen LogP contribution in [0.4, 0.5) is 0 Å². The average molecular weight is 413 g/mol. The molecule has 9 nitrogen and oxygen atoms in total. The number of likely N-dealkylation sites (tertiary alicyclic amines) is 1. The highest BCUT2D eigenvalue weighted by atomic mass is 32.2. The van der Waals surface area contributed by atoms with E-state index in [0.717, 1.165) is 11.8 Å². The quantitative estimate of drug-likeness (QED) is 0.654. The zero-order valence-electron chi connectivity index (χ0n) is 15.8. The number of aromatic amines is 1. The molecule has 0 spiro atoms. The topological polar surface area (TPSA) is 129 Å². The first kappa shape index (κ1) is 19.2. The van der Waals surface area contributed by atoms with Crippen molar-refractivity contribution >= 4 is 15.7 Å². The molecule has 4 heterocycles. The number of rotatable bonds is 4. The summed E-state index contributed by atoms with van der Waals surface area (Å²) in [7, 11) is -3.37. The Hall–Kier alpha value is -3.11. The zero-order valence-corrected chi connectivity index (χ0v) is 16.6. The number of nitrogens with zero attached hydrogens (tertiary/aromatic N) is 4. The van der Waals surface area contributed by atoms with Crippen LogP contribution in [-0.4, -0.2) is 69.7 Å². The van der Waals surface area contributed by atoms with E-state index in [1.54, 1.807) is 37.5 Å². The van der Waals surface area contributed by atoms with Gasteiger partial charge in [-0.15, -0.1) is 0 Å². The number of sulfone groups is 1. The first-order valence-electron chi connectivity index (χ1n) is 8.88. The number of H-pyrrole nitrogens is 1. The lowest BCUT2D eigenvalue weighted by molar-refractivity contribution is 0.00549. The minimum absolute atomic E-state index is 0.131. The number of imidazole rings is 1. The molecule has 0 aromatic carbocycles. The fraction of sp³-hybridized carbons (Fsp3) is 0.263.